The number of alkyl carbamates (subject to hydrolysis) is 1. The van der Waals surface area contributed by atoms with Crippen LogP contribution in [0.25, 0.3) is 0 Å². The Hall–Kier alpha value is -3.58. The lowest BCUT2D eigenvalue weighted by molar-refractivity contribution is -0.144. The summed E-state index contributed by atoms with van der Waals surface area (Å²) >= 11 is 0. The molecule has 0 saturated heterocycles. The fraction of sp³-hybridized carbons (Fsp3) is 0.520. The van der Waals surface area contributed by atoms with E-state index in [2.05, 4.69) is 16.6 Å². The maximum Gasteiger partial charge on any atom is 0.408 e. The normalized spacial score (nSPS) is 12.5. The third-order valence-corrected chi connectivity index (χ3v) is 4.70. The average molecular weight is 490 g/mol. The number of nitrogens with zero attached hydrogens (tertiary/aromatic N) is 1. The molecule has 192 valence electrons. The number of nitrogens with one attached hydrogen (secondary N) is 2. The second-order valence-electron chi connectivity index (χ2n) is 8.49. The van der Waals surface area contributed by atoms with Gasteiger partial charge >= 0.3 is 12.1 Å². The zero-order chi connectivity index (χ0) is 26.6. The van der Waals surface area contributed by atoms with Gasteiger partial charge in [-0.15, -0.1) is 6.42 Å². The number of carbonyl (C=O) groups excluding carboxylic acids is 4. The summed E-state index contributed by atoms with van der Waals surface area (Å²) in [5.41, 5.74) is -0.0391. The van der Waals surface area contributed by atoms with Crippen LogP contribution in [0.2, 0.25) is 0 Å². The van der Waals surface area contributed by atoms with E-state index in [1.54, 1.807) is 58.9 Å². The predicted octanol–water partition coefficient (Wildman–Crippen LogP) is 1.51. The summed E-state index contributed by atoms with van der Waals surface area (Å²) in [5, 5.41) is 14.8. The van der Waals surface area contributed by atoms with Gasteiger partial charge in [-0.1, -0.05) is 24.1 Å². The second-order valence-corrected chi connectivity index (χ2v) is 8.49. The fourth-order valence-electron chi connectivity index (χ4n) is 3.24. The van der Waals surface area contributed by atoms with Crippen LogP contribution in [0.15, 0.2) is 24.3 Å². The first-order valence-corrected chi connectivity index (χ1v) is 11.4. The number of likely N-dealkylation sites (N-methyl/N-ethyl adjacent to an activating group) is 1. The lowest BCUT2D eigenvalue weighted by Crippen LogP contribution is -2.54. The molecular weight excluding hydrogens is 454 g/mol. The number of carbonyl (C=O) groups is 4. The second kappa shape index (κ2) is 14.0. The first-order valence-electron chi connectivity index (χ1n) is 11.4. The molecule has 2 unspecified atom stereocenters. The molecule has 2 atom stereocenters. The van der Waals surface area contributed by atoms with E-state index in [0.717, 1.165) is 0 Å². The molecule has 1 aromatic carbocycles. The molecule has 3 amide bonds. The molecule has 0 heterocycles. The molecule has 3 N–H and O–H groups in total. The molecule has 0 spiro atoms. The summed E-state index contributed by atoms with van der Waals surface area (Å²) in [6.45, 7) is 7.85. The predicted molar refractivity (Wildman–Crippen MR) is 129 cm³/mol. The maximum absolute atomic E-state index is 13.4. The largest absolute Gasteiger partial charge is 0.466 e. The number of amides is 3. The number of ether oxygens (including phenoxy) is 2. The van der Waals surface area contributed by atoms with Crippen molar-refractivity contribution in [1.29, 1.82) is 0 Å². The van der Waals surface area contributed by atoms with Crippen LogP contribution < -0.4 is 10.6 Å². The molecule has 0 aromatic heterocycles. The molecule has 0 fully saturated rings. The third-order valence-electron chi connectivity index (χ3n) is 4.70. The Labute approximate surface area is 206 Å². The summed E-state index contributed by atoms with van der Waals surface area (Å²) in [4.78, 5) is 51.7. The number of rotatable bonds is 11. The lowest BCUT2D eigenvalue weighted by Gasteiger charge is -2.33. The van der Waals surface area contributed by atoms with Crippen molar-refractivity contribution in [2.24, 2.45) is 0 Å². The summed E-state index contributed by atoms with van der Waals surface area (Å²) in [7, 11) is 0. The van der Waals surface area contributed by atoms with Crippen molar-refractivity contribution in [3.63, 3.8) is 0 Å². The highest BCUT2D eigenvalue weighted by atomic mass is 16.6. The van der Waals surface area contributed by atoms with Gasteiger partial charge in [0.05, 0.1) is 19.6 Å². The molecule has 0 radical (unpaired) electrons. The van der Waals surface area contributed by atoms with Gasteiger partial charge in [-0.25, -0.2) is 4.79 Å². The van der Waals surface area contributed by atoms with Crippen molar-refractivity contribution in [3.8, 4) is 12.3 Å². The van der Waals surface area contributed by atoms with Crippen LogP contribution >= 0.6 is 0 Å². The first kappa shape index (κ1) is 29.5. The molecule has 10 nitrogen and oxygen atoms in total. The number of terminal acetylenes is 1. The maximum atomic E-state index is 13.4. The number of benzene rings is 1. The summed E-state index contributed by atoms with van der Waals surface area (Å²) in [6.07, 6.45) is 4.69. The Morgan fingerprint density at radius 2 is 1.83 bits per heavy atom. The topological polar surface area (TPSA) is 134 Å². The molecule has 1 aromatic rings. The SMILES string of the molecule is C#Cc1ccccc1C(C(=O)NCCC(=O)OCC)N(CC)C(=O)C(CO)NC(=O)OC(C)(C)C. The van der Waals surface area contributed by atoms with Crippen molar-refractivity contribution >= 4 is 23.9 Å². The van der Waals surface area contributed by atoms with Gasteiger partial charge in [-0.2, -0.15) is 0 Å². The van der Waals surface area contributed by atoms with E-state index in [0.29, 0.717) is 11.1 Å². The van der Waals surface area contributed by atoms with Crippen LogP contribution in [-0.2, 0) is 23.9 Å². The van der Waals surface area contributed by atoms with E-state index in [4.69, 9.17) is 15.9 Å². The summed E-state index contributed by atoms with van der Waals surface area (Å²) < 4.78 is 10.0. The van der Waals surface area contributed by atoms with E-state index in [9.17, 15) is 24.3 Å². The third kappa shape index (κ3) is 9.29. The lowest BCUT2D eigenvalue weighted by atomic mass is 9.97. The van der Waals surface area contributed by atoms with Gasteiger partial charge in [0.15, 0.2) is 0 Å². The minimum absolute atomic E-state index is 0.0162. The van der Waals surface area contributed by atoms with Gasteiger partial charge in [0.25, 0.3) is 0 Å². The van der Waals surface area contributed by atoms with Crippen LogP contribution in [0.3, 0.4) is 0 Å². The van der Waals surface area contributed by atoms with Gasteiger partial charge in [0.1, 0.15) is 17.7 Å². The van der Waals surface area contributed by atoms with Crippen molar-refractivity contribution in [2.45, 2.75) is 58.7 Å². The zero-order valence-electron chi connectivity index (χ0n) is 20.9. The Balaban J connectivity index is 3.26. The Morgan fingerprint density at radius 1 is 1.17 bits per heavy atom. The smallest absolute Gasteiger partial charge is 0.408 e. The van der Waals surface area contributed by atoms with Gasteiger partial charge in [-0.05, 0) is 46.2 Å². The van der Waals surface area contributed by atoms with Crippen molar-refractivity contribution in [1.82, 2.24) is 15.5 Å². The van der Waals surface area contributed by atoms with Gasteiger partial charge in [0.2, 0.25) is 11.8 Å². The Kier molecular flexibility index (Phi) is 11.8. The molecule has 0 saturated carbocycles. The highest BCUT2D eigenvalue weighted by Crippen LogP contribution is 2.25. The Morgan fingerprint density at radius 3 is 2.37 bits per heavy atom. The van der Waals surface area contributed by atoms with Crippen LogP contribution in [0.4, 0.5) is 4.79 Å². The number of aliphatic hydroxyl groups is 1. The van der Waals surface area contributed by atoms with E-state index >= 15 is 0 Å². The molecule has 0 aliphatic rings. The van der Waals surface area contributed by atoms with Crippen LogP contribution in [-0.4, -0.2) is 71.8 Å². The van der Waals surface area contributed by atoms with Crippen molar-refractivity contribution < 1.29 is 33.8 Å². The van der Waals surface area contributed by atoms with Crippen LogP contribution in [0.5, 0.6) is 0 Å². The number of aliphatic hydroxyl groups excluding tert-OH is 1. The van der Waals surface area contributed by atoms with Crippen LogP contribution in [0.1, 0.15) is 58.2 Å². The monoisotopic (exact) mass is 489 g/mol. The minimum atomic E-state index is -1.36. The first-order chi connectivity index (χ1) is 16.5. The number of hydrogen-bond donors (Lipinski definition) is 3. The molecule has 10 heteroatoms. The Bertz CT molecular complexity index is 934. The molecule has 35 heavy (non-hydrogen) atoms. The average Bonchev–Trinajstić information content (AvgIpc) is 2.79. The number of hydrogen-bond acceptors (Lipinski definition) is 7. The molecule has 1 rings (SSSR count). The minimum Gasteiger partial charge on any atom is -0.466 e. The molecule has 0 bridgehead atoms. The van der Waals surface area contributed by atoms with Gasteiger partial charge < -0.3 is 30.1 Å². The van der Waals surface area contributed by atoms with Crippen molar-refractivity contribution in [3.05, 3.63) is 35.4 Å². The zero-order valence-corrected chi connectivity index (χ0v) is 20.9. The van der Waals surface area contributed by atoms with Gasteiger partial charge in [-0.3, -0.25) is 14.4 Å². The van der Waals surface area contributed by atoms with E-state index < -0.39 is 48.2 Å². The van der Waals surface area contributed by atoms with E-state index in [1.807, 2.05) is 0 Å². The quantitative estimate of drug-likeness (QED) is 0.317. The highest BCUT2D eigenvalue weighted by Gasteiger charge is 2.36. The summed E-state index contributed by atoms with van der Waals surface area (Å²) in [5.74, 6) is 0.744. The number of esters is 1. The van der Waals surface area contributed by atoms with Crippen LogP contribution in [0, 0.1) is 12.3 Å². The molecule has 0 aliphatic heterocycles. The molecule has 0 aliphatic carbocycles. The fourth-order valence-corrected chi connectivity index (χ4v) is 3.24. The van der Waals surface area contributed by atoms with E-state index in [-0.39, 0.29) is 26.1 Å². The van der Waals surface area contributed by atoms with Gasteiger partial charge in [0, 0.05) is 18.7 Å². The summed E-state index contributed by atoms with van der Waals surface area (Å²) in [6, 6.07) is 4.09. The standard InChI is InChI=1S/C25H35N3O7/c1-7-17-12-10-11-13-18(17)21(22(31)26-15-14-20(30)34-9-3)28(8-2)23(32)19(16-29)27-24(33)35-25(4,5)6/h1,10-13,19,21,29H,8-9,14-16H2,2-6H3,(H,26,31)(H,27,33). The van der Waals surface area contributed by atoms with E-state index in [1.165, 1.54) is 4.90 Å². The highest BCUT2D eigenvalue weighted by molar-refractivity contribution is 5.92. The molecular formula is C25H35N3O7. The van der Waals surface area contributed by atoms with Crippen molar-refractivity contribution in [2.75, 3.05) is 26.3 Å².